The molecule has 0 saturated carbocycles. The van der Waals surface area contributed by atoms with Crippen molar-refractivity contribution in [2.24, 2.45) is 0 Å². The molecule has 17 heavy (non-hydrogen) atoms. The second kappa shape index (κ2) is 4.78. The van der Waals surface area contributed by atoms with Crippen LogP contribution in [0.4, 0.5) is 14.6 Å². The second-order valence-electron chi connectivity index (χ2n) is 3.31. The molecule has 0 radical (unpaired) electrons. The summed E-state index contributed by atoms with van der Waals surface area (Å²) in [7, 11) is 1.74. The van der Waals surface area contributed by atoms with E-state index < -0.39 is 11.6 Å². The fourth-order valence-electron chi connectivity index (χ4n) is 1.27. The van der Waals surface area contributed by atoms with Crippen molar-refractivity contribution in [3.63, 3.8) is 0 Å². The lowest BCUT2D eigenvalue weighted by Crippen LogP contribution is -1.93. The highest BCUT2D eigenvalue weighted by Gasteiger charge is 2.06. The van der Waals surface area contributed by atoms with Gasteiger partial charge in [-0.1, -0.05) is 0 Å². The molecule has 0 aliphatic carbocycles. The molecule has 0 fully saturated rings. The lowest BCUT2D eigenvalue weighted by atomic mass is 10.3. The fraction of sp³-hybridized carbons (Fsp3) is 0.0833. The minimum atomic E-state index is -0.748. The average Bonchev–Trinajstić information content (AvgIpc) is 2.34. The zero-order valence-corrected chi connectivity index (χ0v) is 9.08. The molecular formula is C12H10F2N2O. The van der Waals surface area contributed by atoms with Gasteiger partial charge in [0.1, 0.15) is 17.4 Å². The lowest BCUT2D eigenvalue weighted by molar-refractivity contribution is 0.436. The van der Waals surface area contributed by atoms with E-state index in [4.69, 9.17) is 4.74 Å². The maximum Gasteiger partial charge on any atom is 0.168 e. The molecule has 0 bridgehead atoms. The Morgan fingerprint density at radius 3 is 2.59 bits per heavy atom. The van der Waals surface area contributed by atoms with Gasteiger partial charge in [-0.25, -0.2) is 13.8 Å². The third-order valence-electron chi connectivity index (χ3n) is 2.11. The first kappa shape index (κ1) is 11.3. The largest absolute Gasteiger partial charge is 0.453 e. The van der Waals surface area contributed by atoms with E-state index in [2.05, 4.69) is 10.3 Å². The normalized spacial score (nSPS) is 10.1. The summed E-state index contributed by atoms with van der Waals surface area (Å²) in [5.74, 6) is -0.363. The van der Waals surface area contributed by atoms with Crippen LogP contribution in [-0.4, -0.2) is 12.0 Å². The molecular weight excluding hydrogens is 226 g/mol. The highest BCUT2D eigenvalue weighted by molar-refractivity contribution is 5.38. The molecule has 1 aromatic carbocycles. The van der Waals surface area contributed by atoms with Crippen LogP contribution in [-0.2, 0) is 0 Å². The van der Waals surface area contributed by atoms with Crippen molar-refractivity contribution in [3.05, 3.63) is 48.2 Å². The third kappa shape index (κ3) is 2.69. The maximum atomic E-state index is 13.3. The molecule has 0 aliphatic heterocycles. The molecule has 0 unspecified atom stereocenters. The SMILES string of the molecule is CNc1ccc(Oc2ccc(F)cc2F)cn1. The first-order chi connectivity index (χ1) is 8.19. The number of anilines is 1. The molecule has 0 spiro atoms. The summed E-state index contributed by atoms with van der Waals surface area (Å²) in [5, 5.41) is 2.85. The van der Waals surface area contributed by atoms with E-state index in [1.54, 1.807) is 19.2 Å². The summed E-state index contributed by atoms with van der Waals surface area (Å²) in [6, 6.07) is 6.47. The van der Waals surface area contributed by atoms with E-state index >= 15 is 0 Å². The first-order valence-electron chi connectivity index (χ1n) is 4.96. The summed E-state index contributed by atoms with van der Waals surface area (Å²) in [6.45, 7) is 0. The van der Waals surface area contributed by atoms with Crippen LogP contribution in [0.25, 0.3) is 0 Å². The van der Waals surface area contributed by atoms with Crippen LogP contribution in [0.3, 0.4) is 0 Å². The Morgan fingerprint density at radius 1 is 1.18 bits per heavy atom. The van der Waals surface area contributed by atoms with Gasteiger partial charge in [0.15, 0.2) is 11.6 Å². The number of halogens is 2. The summed E-state index contributed by atoms with van der Waals surface area (Å²) in [4.78, 5) is 4.01. The van der Waals surface area contributed by atoms with E-state index in [1.807, 2.05) is 0 Å². The summed E-state index contributed by atoms with van der Waals surface area (Å²) < 4.78 is 31.2. The smallest absolute Gasteiger partial charge is 0.168 e. The van der Waals surface area contributed by atoms with Crippen molar-refractivity contribution in [3.8, 4) is 11.5 Å². The molecule has 88 valence electrons. The highest BCUT2D eigenvalue weighted by Crippen LogP contribution is 2.24. The number of rotatable bonds is 3. The molecule has 5 heteroatoms. The molecule has 2 aromatic rings. The van der Waals surface area contributed by atoms with Gasteiger partial charge in [-0.05, 0) is 24.3 Å². The maximum absolute atomic E-state index is 13.3. The minimum Gasteiger partial charge on any atom is -0.453 e. The van der Waals surface area contributed by atoms with Gasteiger partial charge < -0.3 is 10.1 Å². The molecule has 2 rings (SSSR count). The summed E-state index contributed by atoms with van der Waals surface area (Å²) in [6.07, 6.45) is 1.45. The van der Waals surface area contributed by atoms with E-state index in [9.17, 15) is 8.78 Å². The zero-order chi connectivity index (χ0) is 12.3. The lowest BCUT2D eigenvalue weighted by Gasteiger charge is -2.06. The van der Waals surface area contributed by atoms with E-state index in [-0.39, 0.29) is 5.75 Å². The van der Waals surface area contributed by atoms with Crippen LogP contribution in [0.2, 0.25) is 0 Å². The molecule has 0 saturated heterocycles. The fourth-order valence-corrected chi connectivity index (χ4v) is 1.27. The summed E-state index contributed by atoms with van der Waals surface area (Å²) in [5.41, 5.74) is 0. The standard InChI is InChI=1S/C12H10F2N2O/c1-15-12-5-3-9(7-16-12)17-11-4-2-8(13)6-10(11)14/h2-7H,1H3,(H,15,16). The van der Waals surface area contributed by atoms with Gasteiger partial charge in [-0.3, -0.25) is 0 Å². The number of ether oxygens (including phenoxy) is 1. The Labute approximate surface area is 97.1 Å². The predicted molar refractivity (Wildman–Crippen MR) is 60.2 cm³/mol. The molecule has 0 aliphatic rings. The summed E-state index contributed by atoms with van der Waals surface area (Å²) >= 11 is 0. The van der Waals surface area contributed by atoms with Gasteiger partial charge in [-0.15, -0.1) is 0 Å². The monoisotopic (exact) mass is 236 g/mol. The Morgan fingerprint density at radius 2 is 2.00 bits per heavy atom. The Bertz CT molecular complexity index is 514. The van der Waals surface area contributed by atoms with Gasteiger partial charge >= 0.3 is 0 Å². The highest BCUT2D eigenvalue weighted by atomic mass is 19.1. The number of pyridine rings is 1. The molecule has 1 aromatic heterocycles. The van der Waals surface area contributed by atoms with Crippen molar-refractivity contribution in [1.82, 2.24) is 4.98 Å². The Kier molecular flexibility index (Phi) is 3.18. The van der Waals surface area contributed by atoms with Gasteiger partial charge in [-0.2, -0.15) is 0 Å². The van der Waals surface area contributed by atoms with Crippen molar-refractivity contribution < 1.29 is 13.5 Å². The van der Waals surface area contributed by atoms with Crippen LogP contribution in [0.1, 0.15) is 0 Å². The van der Waals surface area contributed by atoms with E-state index in [0.29, 0.717) is 11.6 Å². The first-order valence-corrected chi connectivity index (χ1v) is 4.96. The third-order valence-corrected chi connectivity index (χ3v) is 2.11. The number of hydrogen-bond acceptors (Lipinski definition) is 3. The van der Waals surface area contributed by atoms with Crippen LogP contribution >= 0.6 is 0 Å². The van der Waals surface area contributed by atoms with Crippen molar-refractivity contribution in [2.75, 3.05) is 12.4 Å². The van der Waals surface area contributed by atoms with Gasteiger partial charge in [0, 0.05) is 13.1 Å². The van der Waals surface area contributed by atoms with Gasteiger partial charge in [0.2, 0.25) is 0 Å². The molecule has 3 nitrogen and oxygen atoms in total. The minimum absolute atomic E-state index is 0.0367. The van der Waals surface area contributed by atoms with Gasteiger partial charge in [0.05, 0.1) is 6.20 Å². The van der Waals surface area contributed by atoms with Crippen LogP contribution in [0.5, 0.6) is 11.5 Å². The van der Waals surface area contributed by atoms with Crippen molar-refractivity contribution >= 4 is 5.82 Å². The zero-order valence-electron chi connectivity index (χ0n) is 9.08. The number of hydrogen-bond donors (Lipinski definition) is 1. The number of benzene rings is 1. The molecule has 0 atom stereocenters. The molecule has 1 heterocycles. The number of nitrogens with zero attached hydrogens (tertiary/aromatic N) is 1. The second-order valence-corrected chi connectivity index (χ2v) is 3.31. The number of aromatic nitrogens is 1. The Hall–Kier alpha value is -2.17. The van der Waals surface area contributed by atoms with Crippen LogP contribution in [0, 0.1) is 11.6 Å². The topological polar surface area (TPSA) is 34.1 Å². The molecule has 1 N–H and O–H groups in total. The van der Waals surface area contributed by atoms with Gasteiger partial charge in [0.25, 0.3) is 0 Å². The Balaban J connectivity index is 2.19. The quantitative estimate of drug-likeness (QED) is 0.888. The van der Waals surface area contributed by atoms with Crippen molar-refractivity contribution in [1.29, 1.82) is 0 Å². The molecule has 0 amide bonds. The van der Waals surface area contributed by atoms with Crippen LogP contribution in [0.15, 0.2) is 36.5 Å². The average molecular weight is 236 g/mol. The number of nitrogens with one attached hydrogen (secondary N) is 1. The van der Waals surface area contributed by atoms with Crippen LogP contribution < -0.4 is 10.1 Å². The predicted octanol–water partition coefficient (Wildman–Crippen LogP) is 3.19. The van der Waals surface area contributed by atoms with Crippen molar-refractivity contribution in [2.45, 2.75) is 0 Å². The van der Waals surface area contributed by atoms with E-state index in [1.165, 1.54) is 12.3 Å². The van der Waals surface area contributed by atoms with E-state index in [0.717, 1.165) is 12.1 Å².